The lowest BCUT2D eigenvalue weighted by Crippen LogP contribution is -2.50. The Morgan fingerprint density at radius 3 is 2.54 bits per heavy atom. The highest BCUT2D eigenvalue weighted by molar-refractivity contribution is 6.30. The van der Waals surface area contributed by atoms with Gasteiger partial charge in [0.05, 0.1) is 17.3 Å². The van der Waals surface area contributed by atoms with Gasteiger partial charge in [0.25, 0.3) is 11.8 Å². The Hall–Kier alpha value is -3.79. The van der Waals surface area contributed by atoms with Crippen molar-refractivity contribution in [1.82, 2.24) is 15.2 Å². The number of carboxylic acid groups (broad SMARTS) is 1. The third-order valence-electron chi connectivity index (χ3n) is 6.31. The first-order chi connectivity index (χ1) is 17.8. The van der Waals surface area contributed by atoms with Crippen LogP contribution in [0.1, 0.15) is 40.4 Å². The number of amides is 2. The van der Waals surface area contributed by atoms with Gasteiger partial charge in [0.15, 0.2) is 12.2 Å². The van der Waals surface area contributed by atoms with Crippen LogP contribution in [0.3, 0.4) is 0 Å². The average molecular weight is 524 g/mol. The number of benzene rings is 2. The van der Waals surface area contributed by atoms with E-state index in [1.54, 1.807) is 48.5 Å². The summed E-state index contributed by atoms with van der Waals surface area (Å²) < 4.78 is 0. The number of hydrogen-bond donors (Lipinski definition) is 4. The number of nitrogens with zero attached hydrogens (tertiary/aromatic N) is 2. The number of likely N-dealkylation sites (tertiary alicyclic amines) is 1. The fourth-order valence-electron chi connectivity index (χ4n) is 4.41. The second kappa shape index (κ2) is 11.5. The zero-order valence-electron chi connectivity index (χ0n) is 19.8. The lowest BCUT2D eigenvalue weighted by atomic mass is 10.0. The van der Waals surface area contributed by atoms with Gasteiger partial charge in [-0.15, -0.1) is 0 Å². The minimum Gasteiger partial charge on any atom is -0.478 e. The van der Waals surface area contributed by atoms with Crippen molar-refractivity contribution in [3.8, 4) is 11.3 Å². The third-order valence-corrected chi connectivity index (χ3v) is 6.55. The molecule has 3 aromatic rings. The van der Waals surface area contributed by atoms with Gasteiger partial charge in [0.2, 0.25) is 0 Å². The summed E-state index contributed by atoms with van der Waals surface area (Å²) in [7, 11) is 0. The molecule has 37 heavy (non-hydrogen) atoms. The lowest BCUT2D eigenvalue weighted by molar-refractivity contribution is -0.153. The third kappa shape index (κ3) is 5.96. The molecule has 1 aliphatic rings. The van der Waals surface area contributed by atoms with Gasteiger partial charge in [0.1, 0.15) is 0 Å². The van der Waals surface area contributed by atoms with Gasteiger partial charge in [-0.05, 0) is 48.2 Å². The average Bonchev–Trinajstić information content (AvgIpc) is 3.41. The maximum absolute atomic E-state index is 12.9. The standard InChI is InChI=1S/C27H26ClN3O6/c28-18-6-3-5-17(13-18)22-9-4-12-31(22)26(35)24(33)23(32)25(34)30-15-16-10-11-21(29-14-16)19-7-1-2-8-20(19)27(36)37/h1-3,5-8,10-11,13-14,22-24,32-33H,4,9,12,15H2,(H,30,34)(H,36,37)/t22?,23-,24-/m1/s1. The molecule has 0 radical (unpaired) electrons. The largest absolute Gasteiger partial charge is 0.478 e. The molecule has 2 aromatic carbocycles. The first-order valence-electron chi connectivity index (χ1n) is 11.7. The van der Waals surface area contributed by atoms with Crippen molar-refractivity contribution < 1.29 is 29.7 Å². The predicted molar refractivity (Wildman–Crippen MR) is 136 cm³/mol. The van der Waals surface area contributed by atoms with Gasteiger partial charge in [-0.2, -0.15) is 0 Å². The number of hydrogen-bond acceptors (Lipinski definition) is 6. The molecule has 2 heterocycles. The molecule has 0 aliphatic carbocycles. The number of aromatic nitrogens is 1. The highest BCUT2D eigenvalue weighted by Crippen LogP contribution is 2.33. The molecular formula is C27H26ClN3O6. The summed E-state index contributed by atoms with van der Waals surface area (Å²) in [5, 5.41) is 33.2. The molecular weight excluding hydrogens is 498 g/mol. The van der Waals surface area contributed by atoms with Crippen LogP contribution in [-0.2, 0) is 16.1 Å². The van der Waals surface area contributed by atoms with E-state index in [0.29, 0.717) is 34.8 Å². The van der Waals surface area contributed by atoms with Gasteiger partial charge in [-0.1, -0.05) is 48.0 Å². The van der Waals surface area contributed by atoms with E-state index in [1.807, 2.05) is 6.07 Å². The van der Waals surface area contributed by atoms with Gasteiger partial charge in [0, 0.05) is 29.9 Å². The van der Waals surface area contributed by atoms with Crippen molar-refractivity contribution in [3.63, 3.8) is 0 Å². The summed E-state index contributed by atoms with van der Waals surface area (Å²) in [5.74, 6) is -2.70. The van der Waals surface area contributed by atoms with Crippen LogP contribution in [0.4, 0.5) is 0 Å². The van der Waals surface area contributed by atoms with E-state index in [4.69, 9.17) is 11.6 Å². The molecule has 1 unspecified atom stereocenters. The molecule has 192 valence electrons. The van der Waals surface area contributed by atoms with E-state index in [1.165, 1.54) is 17.2 Å². The molecule has 0 spiro atoms. The first-order valence-corrected chi connectivity index (χ1v) is 12.1. The van der Waals surface area contributed by atoms with Crippen molar-refractivity contribution in [2.24, 2.45) is 0 Å². The molecule has 1 fully saturated rings. The molecule has 9 nitrogen and oxygen atoms in total. The van der Waals surface area contributed by atoms with Crippen LogP contribution >= 0.6 is 11.6 Å². The number of aromatic carboxylic acids is 1. The second-order valence-corrected chi connectivity index (χ2v) is 9.19. The highest BCUT2D eigenvalue weighted by atomic mass is 35.5. The van der Waals surface area contributed by atoms with Gasteiger partial charge < -0.3 is 25.5 Å². The fourth-order valence-corrected chi connectivity index (χ4v) is 4.61. The predicted octanol–water partition coefficient (Wildman–Crippen LogP) is 2.80. The van der Waals surface area contributed by atoms with E-state index >= 15 is 0 Å². The van der Waals surface area contributed by atoms with Crippen molar-refractivity contribution in [1.29, 1.82) is 0 Å². The molecule has 0 saturated carbocycles. The molecule has 1 saturated heterocycles. The minimum atomic E-state index is -1.96. The Labute approximate surface area is 218 Å². The van der Waals surface area contributed by atoms with E-state index in [9.17, 15) is 29.7 Å². The number of aliphatic hydroxyl groups excluding tert-OH is 2. The van der Waals surface area contributed by atoms with E-state index in [-0.39, 0.29) is 18.2 Å². The van der Waals surface area contributed by atoms with Crippen LogP contribution in [0, 0.1) is 0 Å². The van der Waals surface area contributed by atoms with Crippen LogP contribution in [-0.4, -0.2) is 61.7 Å². The van der Waals surface area contributed by atoms with Crippen LogP contribution in [0.15, 0.2) is 66.9 Å². The molecule has 2 amide bonds. The smallest absolute Gasteiger partial charge is 0.336 e. The van der Waals surface area contributed by atoms with Crippen LogP contribution in [0.25, 0.3) is 11.3 Å². The summed E-state index contributed by atoms with van der Waals surface area (Å²) in [4.78, 5) is 42.6. The number of rotatable bonds is 8. The Morgan fingerprint density at radius 1 is 1.05 bits per heavy atom. The maximum atomic E-state index is 12.9. The number of carbonyl (C=O) groups excluding carboxylic acids is 2. The molecule has 0 bridgehead atoms. The van der Waals surface area contributed by atoms with Crippen LogP contribution < -0.4 is 5.32 Å². The first kappa shape index (κ1) is 26.3. The summed E-state index contributed by atoms with van der Waals surface area (Å²) in [6, 6.07) is 16.6. The highest BCUT2D eigenvalue weighted by Gasteiger charge is 2.38. The van der Waals surface area contributed by atoms with E-state index in [2.05, 4.69) is 10.3 Å². The molecule has 4 rings (SSSR count). The summed E-state index contributed by atoms with van der Waals surface area (Å²) in [5.41, 5.74) is 2.44. The Bertz CT molecular complexity index is 1300. The molecule has 1 aromatic heterocycles. The van der Waals surface area contributed by atoms with Gasteiger partial charge in [-0.3, -0.25) is 14.6 Å². The number of pyridine rings is 1. The normalized spacial score (nSPS) is 16.7. The zero-order chi connectivity index (χ0) is 26.5. The second-order valence-electron chi connectivity index (χ2n) is 8.75. The summed E-state index contributed by atoms with van der Waals surface area (Å²) in [6.07, 6.45) is -1.00. The Kier molecular flexibility index (Phi) is 8.17. The van der Waals surface area contributed by atoms with E-state index in [0.717, 1.165) is 12.0 Å². The fraction of sp³-hybridized carbons (Fsp3) is 0.259. The Balaban J connectivity index is 1.36. The number of halogens is 1. The molecule has 1 aliphatic heterocycles. The lowest BCUT2D eigenvalue weighted by Gasteiger charge is -2.28. The van der Waals surface area contributed by atoms with Crippen molar-refractivity contribution in [2.45, 2.75) is 37.6 Å². The van der Waals surface area contributed by atoms with Gasteiger partial charge >= 0.3 is 5.97 Å². The Morgan fingerprint density at radius 2 is 1.84 bits per heavy atom. The van der Waals surface area contributed by atoms with E-state index < -0.39 is 30.0 Å². The number of nitrogens with one attached hydrogen (secondary N) is 1. The van der Waals surface area contributed by atoms with Crippen molar-refractivity contribution in [3.05, 3.63) is 88.6 Å². The summed E-state index contributed by atoms with van der Waals surface area (Å²) in [6.45, 7) is 0.379. The van der Waals surface area contributed by atoms with Crippen LogP contribution in [0.2, 0.25) is 5.02 Å². The van der Waals surface area contributed by atoms with Crippen molar-refractivity contribution in [2.75, 3.05) is 6.54 Å². The van der Waals surface area contributed by atoms with Gasteiger partial charge in [-0.25, -0.2) is 4.79 Å². The number of carboxylic acids is 1. The molecule has 10 heteroatoms. The molecule has 4 N–H and O–H groups in total. The van der Waals surface area contributed by atoms with Crippen LogP contribution in [0.5, 0.6) is 0 Å². The number of carbonyl (C=O) groups is 3. The molecule has 3 atom stereocenters. The number of aliphatic hydroxyl groups is 2. The quantitative estimate of drug-likeness (QED) is 0.356. The SMILES string of the molecule is O=C(O)c1ccccc1-c1ccc(CNC(=O)[C@H](O)[C@@H](O)C(=O)N2CCCC2c2cccc(Cl)c2)cn1. The maximum Gasteiger partial charge on any atom is 0.336 e. The monoisotopic (exact) mass is 523 g/mol. The minimum absolute atomic E-state index is 0.0144. The van der Waals surface area contributed by atoms with Crippen molar-refractivity contribution >= 4 is 29.4 Å². The topological polar surface area (TPSA) is 140 Å². The summed E-state index contributed by atoms with van der Waals surface area (Å²) >= 11 is 6.08. The zero-order valence-corrected chi connectivity index (χ0v) is 20.5.